The highest BCUT2D eigenvalue weighted by molar-refractivity contribution is 5.97. The lowest BCUT2D eigenvalue weighted by atomic mass is 10.0. The van der Waals surface area contributed by atoms with Gasteiger partial charge in [-0.15, -0.1) is 0 Å². The molecular weight excluding hydrogens is 452 g/mol. The van der Waals surface area contributed by atoms with Crippen molar-refractivity contribution in [3.8, 4) is 33.8 Å². The Balaban J connectivity index is 1.28. The van der Waals surface area contributed by atoms with E-state index in [1.54, 1.807) is 24.8 Å². The van der Waals surface area contributed by atoms with Crippen LogP contribution in [0.3, 0.4) is 0 Å². The van der Waals surface area contributed by atoms with E-state index in [1.165, 1.54) is 0 Å². The number of hydrogen-bond donors (Lipinski definition) is 4. The summed E-state index contributed by atoms with van der Waals surface area (Å²) in [5, 5.41) is 22.0. The molecule has 9 heteroatoms. The predicted molar refractivity (Wildman–Crippen MR) is 138 cm³/mol. The van der Waals surface area contributed by atoms with Crippen molar-refractivity contribution in [1.82, 2.24) is 35.1 Å². The van der Waals surface area contributed by atoms with Crippen molar-refractivity contribution in [2.45, 2.75) is 19.1 Å². The standard InChI is InChI=1S/C27H22N8O/c36-27(16-1-2-16)31-19-11-18(13-29-14-19)17-3-4-22-21(12-17)24(35-34-22)26-32-23-20(7-10-30-25(23)33-26)15-5-8-28-9-6-15/h3-14,16,27,31,36H,1-2H2,(H,34,35)(H,30,32,33). The molecule has 0 radical (unpaired) electrons. The molecule has 5 heterocycles. The van der Waals surface area contributed by atoms with Crippen molar-refractivity contribution in [3.63, 3.8) is 0 Å². The Labute approximate surface area is 205 Å². The van der Waals surface area contributed by atoms with Crippen LogP contribution >= 0.6 is 0 Å². The number of hydrogen-bond acceptors (Lipinski definition) is 7. The molecule has 5 aromatic heterocycles. The number of nitrogens with one attached hydrogen (secondary N) is 3. The van der Waals surface area contributed by atoms with Gasteiger partial charge in [0.25, 0.3) is 0 Å². The molecule has 1 saturated carbocycles. The Hall–Kier alpha value is -4.63. The summed E-state index contributed by atoms with van der Waals surface area (Å²) in [6, 6.07) is 14.0. The molecule has 0 aliphatic heterocycles. The van der Waals surface area contributed by atoms with Crippen LogP contribution in [0.25, 0.3) is 55.8 Å². The number of aliphatic hydroxyl groups excluding tert-OH is 1. The molecular formula is C27H22N8O. The van der Waals surface area contributed by atoms with Crippen molar-refractivity contribution in [3.05, 3.63) is 73.4 Å². The molecule has 1 atom stereocenters. The smallest absolute Gasteiger partial charge is 0.178 e. The molecule has 176 valence electrons. The van der Waals surface area contributed by atoms with Gasteiger partial charge in [0.15, 0.2) is 11.5 Å². The third-order valence-corrected chi connectivity index (χ3v) is 6.63. The minimum Gasteiger partial charge on any atom is -0.374 e. The average Bonchev–Trinajstić information content (AvgIpc) is 3.55. The molecule has 0 saturated heterocycles. The second-order valence-electron chi connectivity index (χ2n) is 9.10. The summed E-state index contributed by atoms with van der Waals surface area (Å²) in [4.78, 5) is 21.1. The highest BCUT2D eigenvalue weighted by Gasteiger charge is 2.29. The Morgan fingerprint density at radius 1 is 0.917 bits per heavy atom. The molecule has 4 N–H and O–H groups in total. The van der Waals surface area contributed by atoms with Gasteiger partial charge in [0.2, 0.25) is 0 Å². The number of nitrogens with zero attached hydrogens (tertiary/aromatic N) is 5. The topological polar surface area (TPSA) is 128 Å². The van der Waals surface area contributed by atoms with Crippen molar-refractivity contribution in [1.29, 1.82) is 0 Å². The van der Waals surface area contributed by atoms with Crippen LogP contribution in [0, 0.1) is 5.92 Å². The number of aromatic amines is 2. The maximum Gasteiger partial charge on any atom is 0.178 e. The molecule has 1 aliphatic carbocycles. The van der Waals surface area contributed by atoms with Gasteiger partial charge in [-0.25, -0.2) is 9.97 Å². The fraction of sp³-hybridized carbons (Fsp3) is 0.148. The van der Waals surface area contributed by atoms with Gasteiger partial charge in [-0.2, -0.15) is 5.10 Å². The van der Waals surface area contributed by atoms with Crippen LogP contribution in [0.4, 0.5) is 5.69 Å². The largest absolute Gasteiger partial charge is 0.374 e. The minimum atomic E-state index is -0.538. The van der Waals surface area contributed by atoms with E-state index < -0.39 is 6.23 Å². The van der Waals surface area contributed by atoms with E-state index in [2.05, 4.69) is 41.5 Å². The normalized spacial score (nSPS) is 14.4. The lowest BCUT2D eigenvalue weighted by molar-refractivity contribution is 0.180. The highest BCUT2D eigenvalue weighted by atomic mass is 16.3. The number of aromatic nitrogens is 7. The third-order valence-electron chi connectivity index (χ3n) is 6.63. The maximum absolute atomic E-state index is 10.3. The minimum absolute atomic E-state index is 0.330. The van der Waals surface area contributed by atoms with E-state index in [9.17, 15) is 5.11 Å². The van der Waals surface area contributed by atoms with Gasteiger partial charge in [-0.3, -0.25) is 15.1 Å². The van der Waals surface area contributed by atoms with Crippen LogP contribution in [-0.4, -0.2) is 46.5 Å². The van der Waals surface area contributed by atoms with E-state index in [0.29, 0.717) is 17.4 Å². The number of aliphatic hydroxyl groups is 1. The number of benzene rings is 1. The van der Waals surface area contributed by atoms with Crippen LogP contribution in [0.1, 0.15) is 12.8 Å². The zero-order chi connectivity index (χ0) is 24.1. The lowest BCUT2D eigenvalue weighted by Crippen LogP contribution is -2.20. The van der Waals surface area contributed by atoms with Crippen molar-refractivity contribution >= 4 is 27.8 Å². The van der Waals surface area contributed by atoms with Crippen LogP contribution in [-0.2, 0) is 0 Å². The summed E-state index contributed by atoms with van der Waals surface area (Å²) in [5.74, 6) is 0.972. The monoisotopic (exact) mass is 474 g/mol. The van der Waals surface area contributed by atoms with Crippen molar-refractivity contribution < 1.29 is 5.11 Å². The molecule has 7 rings (SSSR count). The molecule has 0 spiro atoms. The second kappa shape index (κ2) is 8.24. The number of pyridine rings is 3. The summed E-state index contributed by atoms with van der Waals surface area (Å²) in [6.45, 7) is 0. The van der Waals surface area contributed by atoms with Crippen molar-refractivity contribution in [2.24, 2.45) is 5.92 Å². The Kier molecular flexibility index (Phi) is 4.74. The summed E-state index contributed by atoms with van der Waals surface area (Å²) >= 11 is 0. The third kappa shape index (κ3) is 3.66. The number of fused-ring (bicyclic) bond motifs is 2. The predicted octanol–water partition coefficient (Wildman–Crippen LogP) is 4.77. The zero-order valence-electron chi connectivity index (χ0n) is 19.2. The first kappa shape index (κ1) is 20.7. The number of anilines is 1. The highest BCUT2D eigenvalue weighted by Crippen LogP contribution is 2.35. The lowest BCUT2D eigenvalue weighted by Gasteiger charge is -2.13. The molecule has 0 amide bonds. The van der Waals surface area contributed by atoms with Crippen LogP contribution in [0.15, 0.2) is 73.4 Å². The molecule has 6 aromatic rings. The van der Waals surface area contributed by atoms with E-state index in [-0.39, 0.29) is 0 Å². The van der Waals surface area contributed by atoms with Gasteiger partial charge < -0.3 is 15.4 Å². The summed E-state index contributed by atoms with van der Waals surface area (Å²) in [7, 11) is 0. The first-order valence-electron chi connectivity index (χ1n) is 11.9. The number of H-pyrrole nitrogens is 2. The summed E-state index contributed by atoms with van der Waals surface area (Å²) in [6.07, 6.45) is 10.4. The van der Waals surface area contributed by atoms with E-state index in [1.807, 2.05) is 42.6 Å². The van der Waals surface area contributed by atoms with Gasteiger partial charge in [-0.1, -0.05) is 6.07 Å². The van der Waals surface area contributed by atoms with Gasteiger partial charge in [0.05, 0.1) is 22.9 Å². The van der Waals surface area contributed by atoms with Gasteiger partial charge in [0, 0.05) is 47.2 Å². The fourth-order valence-electron chi connectivity index (χ4n) is 4.55. The molecule has 1 aliphatic rings. The maximum atomic E-state index is 10.3. The molecule has 1 unspecified atom stereocenters. The molecule has 0 bridgehead atoms. The van der Waals surface area contributed by atoms with Gasteiger partial charge >= 0.3 is 0 Å². The van der Waals surface area contributed by atoms with Crippen LogP contribution in [0.5, 0.6) is 0 Å². The Morgan fingerprint density at radius 2 is 1.81 bits per heavy atom. The Morgan fingerprint density at radius 3 is 2.67 bits per heavy atom. The summed E-state index contributed by atoms with van der Waals surface area (Å²) < 4.78 is 0. The molecule has 9 nitrogen and oxygen atoms in total. The first-order chi connectivity index (χ1) is 17.7. The van der Waals surface area contributed by atoms with Crippen LogP contribution < -0.4 is 5.32 Å². The molecule has 1 aromatic carbocycles. The van der Waals surface area contributed by atoms with E-state index in [0.717, 1.165) is 62.9 Å². The first-order valence-corrected chi connectivity index (χ1v) is 11.9. The average molecular weight is 475 g/mol. The van der Waals surface area contributed by atoms with Gasteiger partial charge in [-0.05, 0) is 60.4 Å². The second-order valence-corrected chi connectivity index (χ2v) is 9.10. The summed E-state index contributed by atoms with van der Waals surface area (Å²) in [5.41, 5.74) is 7.88. The quantitative estimate of drug-likeness (QED) is 0.256. The van der Waals surface area contributed by atoms with Crippen molar-refractivity contribution in [2.75, 3.05) is 5.32 Å². The Bertz CT molecular complexity index is 1700. The SMILES string of the molecule is OC(Nc1cncc(-c2ccc3[nH]nc(-c4nc5nccc(-c6ccncc6)c5[nH]4)c3c2)c1)C1CC1. The van der Waals surface area contributed by atoms with Gasteiger partial charge in [0.1, 0.15) is 11.9 Å². The molecule has 36 heavy (non-hydrogen) atoms. The zero-order valence-corrected chi connectivity index (χ0v) is 19.2. The van der Waals surface area contributed by atoms with E-state index in [4.69, 9.17) is 4.98 Å². The number of imidazole rings is 1. The van der Waals surface area contributed by atoms with Crippen LogP contribution in [0.2, 0.25) is 0 Å². The van der Waals surface area contributed by atoms with E-state index >= 15 is 0 Å². The fourth-order valence-corrected chi connectivity index (χ4v) is 4.55. The number of rotatable bonds is 6. The molecule has 1 fully saturated rings.